The zero-order valence-corrected chi connectivity index (χ0v) is 15.7. The van der Waals surface area contributed by atoms with Gasteiger partial charge in [-0.2, -0.15) is 0 Å². The van der Waals surface area contributed by atoms with E-state index < -0.39 is 10.0 Å². The zero-order chi connectivity index (χ0) is 18.9. The van der Waals surface area contributed by atoms with Gasteiger partial charge < -0.3 is 14.4 Å². The average molecular weight is 397 g/mol. The molecule has 0 saturated heterocycles. The third-order valence-electron chi connectivity index (χ3n) is 3.87. The van der Waals surface area contributed by atoms with E-state index in [0.29, 0.717) is 29.4 Å². The Kier molecular flexibility index (Phi) is 4.97. The lowest BCUT2D eigenvalue weighted by atomic mass is 10.2. The molecule has 0 unspecified atom stereocenters. The predicted molar refractivity (Wildman–Crippen MR) is 98.8 cm³/mol. The fraction of sp³-hybridized carbons (Fsp3) is 0.235. The van der Waals surface area contributed by atoms with Crippen molar-refractivity contribution in [1.29, 1.82) is 0 Å². The van der Waals surface area contributed by atoms with Crippen LogP contribution in [0.25, 0.3) is 0 Å². The number of carbonyl (C=O) groups is 1. The molecule has 1 heterocycles. The van der Waals surface area contributed by atoms with E-state index in [1.165, 1.54) is 31.1 Å². The molecule has 0 fully saturated rings. The van der Waals surface area contributed by atoms with Gasteiger partial charge in [-0.1, -0.05) is 17.7 Å². The predicted octanol–water partition coefficient (Wildman–Crippen LogP) is 2.89. The standard InChI is InChI=1S/C17H17ClN2O5S/c1-11(21)20-6-7-25-16-10-17(14(18)9-15(16)20)26(22,23)19-12-4-3-5-13(8-12)24-2/h3-5,8-10,19H,6-7H2,1-2H3. The Bertz CT molecular complexity index is 962. The Morgan fingerprint density at radius 3 is 2.77 bits per heavy atom. The number of nitrogens with zero attached hydrogens (tertiary/aromatic N) is 1. The molecule has 0 aromatic heterocycles. The summed E-state index contributed by atoms with van der Waals surface area (Å²) in [5.74, 6) is 0.639. The largest absolute Gasteiger partial charge is 0.497 e. The number of rotatable bonds is 4. The molecular weight excluding hydrogens is 380 g/mol. The van der Waals surface area contributed by atoms with E-state index in [1.54, 1.807) is 24.3 Å². The second kappa shape index (κ2) is 7.05. The number of sulfonamides is 1. The molecule has 138 valence electrons. The molecule has 0 radical (unpaired) electrons. The van der Waals surface area contributed by atoms with Crippen molar-refractivity contribution in [2.24, 2.45) is 0 Å². The normalized spacial score (nSPS) is 13.6. The molecule has 0 bridgehead atoms. The fourth-order valence-electron chi connectivity index (χ4n) is 2.65. The lowest BCUT2D eigenvalue weighted by Crippen LogP contribution is -2.36. The number of fused-ring (bicyclic) bond motifs is 1. The van der Waals surface area contributed by atoms with Gasteiger partial charge in [-0.15, -0.1) is 0 Å². The highest BCUT2D eigenvalue weighted by atomic mass is 35.5. The van der Waals surface area contributed by atoms with E-state index in [-0.39, 0.29) is 22.4 Å². The molecule has 9 heteroatoms. The third kappa shape index (κ3) is 3.56. The van der Waals surface area contributed by atoms with Gasteiger partial charge in [-0.25, -0.2) is 8.42 Å². The van der Waals surface area contributed by atoms with Crippen LogP contribution >= 0.6 is 11.6 Å². The van der Waals surface area contributed by atoms with Gasteiger partial charge in [0.25, 0.3) is 10.0 Å². The summed E-state index contributed by atoms with van der Waals surface area (Å²) in [7, 11) is -2.47. The van der Waals surface area contributed by atoms with Crippen molar-refractivity contribution in [3.05, 3.63) is 41.4 Å². The molecule has 0 atom stereocenters. The number of hydrogen-bond acceptors (Lipinski definition) is 5. The Morgan fingerprint density at radius 2 is 2.08 bits per heavy atom. The van der Waals surface area contributed by atoms with Crippen molar-refractivity contribution in [3.63, 3.8) is 0 Å². The zero-order valence-electron chi connectivity index (χ0n) is 14.2. The fourth-order valence-corrected chi connectivity index (χ4v) is 4.24. The molecule has 0 saturated carbocycles. The molecule has 2 aromatic carbocycles. The summed E-state index contributed by atoms with van der Waals surface area (Å²) >= 11 is 6.20. The molecule has 2 aromatic rings. The van der Waals surface area contributed by atoms with E-state index in [0.717, 1.165) is 0 Å². The van der Waals surface area contributed by atoms with E-state index in [2.05, 4.69) is 4.72 Å². The van der Waals surface area contributed by atoms with Crippen molar-refractivity contribution < 1.29 is 22.7 Å². The van der Waals surface area contributed by atoms with E-state index in [4.69, 9.17) is 21.1 Å². The Labute approximate surface area is 156 Å². The summed E-state index contributed by atoms with van der Waals surface area (Å²) in [6, 6.07) is 9.28. The summed E-state index contributed by atoms with van der Waals surface area (Å²) < 4.78 is 38.6. The van der Waals surface area contributed by atoms with Crippen LogP contribution in [0, 0.1) is 0 Å². The number of amides is 1. The highest BCUT2D eigenvalue weighted by Gasteiger charge is 2.27. The summed E-state index contributed by atoms with van der Waals surface area (Å²) in [6.45, 7) is 2.09. The topological polar surface area (TPSA) is 84.9 Å². The molecule has 1 amide bonds. The number of benzene rings is 2. The van der Waals surface area contributed by atoms with Gasteiger partial charge in [-0.05, 0) is 18.2 Å². The maximum absolute atomic E-state index is 12.8. The average Bonchev–Trinajstić information content (AvgIpc) is 2.60. The lowest BCUT2D eigenvalue weighted by molar-refractivity contribution is -0.116. The van der Waals surface area contributed by atoms with Crippen LogP contribution in [0.15, 0.2) is 41.3 Å². The van der Waals surface area contributed by atoms with Crippen molar-refractivity contribution in [1.82, 2.24) is 0 Å². The summed E-state index contributed by atoms with van der Waals surface area (Å²) in [4.78, 5) is 13.1. The van der Waals surface area contributed by atoms with Crippen LogP contribution in [0.1, 0.15) is 6.92 Å². The first kappa shape index (κ1) is 18.3. The minimum Gasteiger partial charge on any atom is -0.497 e. The van der Waals surface area contributed by atoms with Gasteiger partial charge in [-0.3, -0.25) is 9.52 Å². The van der Waals surface area contributed by atoms with Crippen LogP contribution in [0.4, 0.5) is 11.4 Å². The van der Waals surface area contributed by atoms with Gasteiger partial charge in [0.05, 0.1) is 30.1 Å². The number of methoxy groups -OCH3 is 1. The van der Waals surface area contributed by atoms with Gasteiger partial charge in [0.2, 0.25) is 5.91 Å². The third-order valence-corrected chi connectivity index (χ3v) is 5.71. The van der Waals surface area contributed by atoms with Crippen molar-refractivity contribution in [2.75, 3.05) is 29.9 Å². The molecule has 1 aliphatic heterocycles. The first-order valence-electron chi connectivity index (χ1n) is 7.73. The lowest BCUT2D eigenvalue weighted by Gasteiger charge is -2.29. The smallest absolute Gasteiger partial charge is 0.263 e. The Balaban J connectivity index is 1.99. The molecule has 1 N–H and O–H groups in total. The highest BCUT2D eigenvalue weighted by molar-refractivity contribution is 7.92. The summed E-state index contributed by atoms with van der Waals surface area (Å²) in [6.07, 6.45) is 0. The Hall–Kier alpha value is -2.45. The van der Waals surface area contributed by atoms with Gasteiger partial charge in [0.1, 0.15) is 23.0 Å². The molecule has 0 spiro atoms. The number of carbonyl (C=O) groups excluding carboxylic acids is 1. The van der Waals surface area contributed by atoms with Crippen molar-refractivity contribution in [3.8, 4) is 11.5 Å². The molecule has 7 nitrogen and oxygen atoms in total. The number of nitrogens with one attached hydrogen (secondary N) is 1. The van der Waals surface area contributed by atoms with Crippen molar-refractivity contribution in [2.45, 2.75) is 11.8 Å². The van der Waals surface area contributed by atoms with Crippen LogP contribution in [-0.2, 0) is 14.8 Å². The second-order valence-electron chi connectivity index (χ2n) is 5.61. The van der Waals surface area contributed by atoms with Gasteiger partial charge in [0, 0.05) is 19.1 Å². The number of hydrogen-bond donors (Lipinski definition) is 1. The molecular formula is C17H17ClN2O5S. The molecule has 1 aliphatic rings. The molecule has 0 aliphatic carbocycles. The monoisotopic (exact) mass is 396 g/mol. The Morgan fingerprint density at radius 1 is 1.31 bits per heavy atom. The van der Waals surface area contributed by atoms with E-state index >= 15 is 0 Å². The first-order chi connectivity index (χ1) is 12.3. The SMILES string of the molecule is COc1cccc(NS(=O)(=O)c2cc3c(cc2Cl)N(C(C)=O)CCO3)c1. The van der Waals surface area contributed by atoms with Crippen LogP contribution in [0.3, 0.4) is 0 Å². The summed E-state index contributed by atoms with van der Waals surface area (Å²) in [5, 5.41) is -0.00380. The quantitative estimate of drug-likeness (QED) is 0.858. The molecule has 26 heavy (non-hydrogen) atoms. The van der Waals surface area contributed by atoms with Crippen molar-refractivity contribution >= 4 is 38.9 Å². The summed E-state index contributed by atoms with van der Waals surface area (Å²) in [5.41, 5.74) is 0.790. The van der Waals surface area contributed by atoms with E-state index in [9.17, 15) is 13.2 Å². The van der Waals surface area contributed by atoms with Crippen LogP contribution in [0.5, 0.6) is 11.5 Å². The van der Waals surface area contributed by atoms with Gasteiger partial charge in [0.15, 0.2) is 0 Å². The molecule has 3 rings (SSSR count). The minimum atomic E-state index is -3.96. The number of ether oxygens (including phenoxy) is 2. The van der Waals surface area contributed by atoms with E-state index in [1.807, 2.05) is 0 Å². The first-order valence-corrected chi connectivity index (χ1v) is 9.59. The van der Waals surface area contributed by atoms with Crippen LogP contribution < -0.4 is 19.1 Å². The number of anilines is 2. The minimum absolute atomic E-state index is 0.00380. The second-order valence-corrected chi connectivity index (χ2v) is 7.66. The maximum atomic E-state index is 12.8. The highest BCUT2D eigenvalue weighted by Crippen LogP contribution is 2.38. The van der Waals surface area contributed by atoms with Crippen LogP contribution in [0.2, 0.25) is 5.02 Å². The number of halogens is 1. The van der Waals surface area contributed by atoms with Gasteiger partial charge >= 0.3 is 0 Å². The van der Waals surface area contributed by atoms with Crippen LogP contribution in [-0.4, -0.2) is 34.6 Å². The maximum Gasteiger partial charge on any atom is 0.263 e.